The number of rotatable bonds is 6. The molecule has 1 heterocycles. The lowest BCUT2D eigenvalue weighted by molar-refractivity contribution is -0.121. The van der Waals surface area contributed by atoms with E-state index < -0.39 is 0 Å². The van der Waals surface area contributed by atoms with Gasteiger partial charge in [-0.05, 0) is 13.3 Å². The van der Waals surface area contributed by atoms with Crippen LogP contribution in [0.15, 0.2) is 0 Å². The third-order valence-corrected chi connectivity index (χ3v) is 2.49. The molecule has 2 unspecified atom stereocenters. The van der Waals surface area contributed by atoms with Gasteiger partial charge in [0, 0.05) is 20.3 Å². The van der Waals surface area contributed by atoms with Gasteiger partial charge in [-0.2, -0.15) is 0 Å². The van der Waals surface area contributed by atoms with Gasteiger partial charge in [0.15, 0.2) is 0 Å². The van der Waals surface area contributed by atoms with Crippen molar-refractivity contribution >= 4 is 18.3 Å². The lowest BCUT2D eigenvalue weighted by Gasteiger charge is -2.16. The molecule has 0 saturated carbocycles. The Hall–Kier alpha value is -0.360. The number of ether oxygens (including phenoxy) is 2. The number of hydrogen-bond acceptors (Lipinski definition) is 4. The highest BCUT2D eigenvalue weighted by Crippen LogP contribution is 2.11. The zero-order chi connectivity index (χ0) is 11.1. The van der Waals surface area contributed by atoms with Crippen molar-refractivity contribution in [2.75, 3.05) is 33.4 Å². The summed E-state index contributed by atoms with van der Waals surface area (Å²) in [5, 5.41) is 5.94. The van der Waals surface area contributed by atoms with Crippen LogP contribution in [0.2, 0.25) is 0 Å². The maximum Gasteiger partial charge on any atom is 0.234 e. The molecule has 1 aliphatic heterocycles. The Morgan fingerprint density at radius 3 is 2.88 bits per heavy atom. The molecule has 0 aliphatic carbocycles. The topological polar surface area (TPSA) is 59.6 Å². The molecule has 0 bridgehead atoms. The average molecular weight is 253 g/mol. The van der Waals surface area contributed by atoms with E-state index in [9.17, 15) is 4.79 Å². The molecule has 2 atom stereocenters. The number of carbonyl (C=O) groups is 1. The molecule has 1 aliphatic rings. The van der Waals surface area contributed by atoms with Crippen molar-refractivity contribution in [1.82, 2.24) is 10.6 Å². The van der Waals surface area contributed by atoms with Gasteiger partial charge in [-0.1, -0.05) is 0 Å². The van der Waals surface area contributed by atoms with Crippen molar-refractivity contribution in [3.63, 3.8) is 0 Å². The van der Waals surface area contributed by atoms with E-state index in [1.165, 1.54) is 0 Å². The van der Waals surface area contributed by atoms with Crippen LogP contribution in [-0.4, -0.2) is 51.5 Å². The fourth-order valence-corrected chi connectivity index (χ4v) is 1.56. The lowest BCUT2D eigenvalue weighted by Crippen LogP contribution is -2.43. The Bertz CT molecular complexity index is 205. The number of halogens is 1. The van der Waals surface area contributed by atoms with Gasteiger partial charge in [-0.15, -0.1) is 12.4 Å². The highest BCUT2D eigenvalue weighted by molar-refractivity contribution is 5.85. The first-order valence-corrected chi connectivity index (χ1v) is 5.34. The second kappa shape index (κ2) is 8.75. The molecule has 2 N–H and O–H groups in total. The van der Waals surface area contributed by atoms with Crippen molar-refractivity contribution in [2.24, 2.45) is 0 Å². The summed E-state index contributed by atoms with van der Waals surface area (Å²) in [6.07, 6.45) is 1.04. The molecule has 5 nitrogen and oxygen atoms in total. The minimum Gasteiger partial charge on any atom is -0.383 e. The molecule has 6 heteroatoms. The zero-order valence-electron chi connectivity index (χ0n) is 9.82. The molecule has 1 fully saturated rings. The summed E-state index contributed by atoms with van der Waals surface area (Å²) >= 11 is 0. The van der Waals surface area contributed by atoms with Crippen LogP contribution >= 0.6 is 12.4 Å². The highest BCUT2D eigenvalue weighted by atomic mass is 35.5. The quantitative estimate of drug-likeness (QED) is 0.651. The smallest absolute Gasteiger partial charge is 0.234 e. The second-order valence-electron chi connectivity index (χ2n) is 3.71. The van der Waals surface area contributed by atoms with Crippen LogP contribution < -0.4 is 10.6 Å². The molecule has 16 heavy (non-hydrogen) atoms. The summed E-state index contributed by atoms with van der Waals surface area (Å²) in [7, 11) is 1.64. The van der Waals surface area contributed by atoms with Crippen LogP contribution in [0, 0.1) is 0 Å². The van der Waals surface area contributed by atoms with E-state index in [1.54, 1.807) is 7.11 Å². The average Bonchev–Trinajstić information content (AvgIpc) is 2.59. The summed E-state index contributed by atoms with van der Waals surface area (Å²) in [4.78, 5) is 11.4. The number of amides is 1. The SMILES string of the molecule is COCCNCC(=O)NC1CCOC1C.Cl. The van der Waals surface area contributed by atoms with E-state index in [4.69, 9.17) is 9.47 Å². The predicted octanol–water partition coefficient (Wildman–Crippen LogP) is -0.0622. The first-order valence-electron chi connectivity index (χ1n) is 5.34. The van der Waals surface area contributed by atoms with Crippen molar-refractivity contribution in [3.05, 3.63) is 0 Å². The number of carbonyl (C=O) groups excluding carboxylic acids is 1. The monoisotopic (exact) mass is 252 g/mol. The maximum absolute atomic E-state index is 11.4. The Labute approximate surface area is 103 Å². The molecule has 1 rings (SSSR count). The van der Waals surface area contributed by atoms with E-state index in [-0.39, 0.29) is 30.5 Å². The summed E-state index contributed by atoms with van der Waals surface area (Å²) in [6.45, 7) is 4.38. The summed E-state index contributed by atoms with van der Waals surface area (Å²) in [5.41, 5.74) is 0. The van der Waals surface area contributed by atoms with Crippen molar-refractivity contribution in [3.8, 4) is 0 Å². The van der Waals surface area contributed by atoms with Crippen LogP contribution in [0.25, 0.3) is 0 Å². The predicted molar refractivity (Wildman–Crippen MR) is 64.0 cm³/mol. The Morgan fingerprint density at radius 2 is 2.31 bits per heavy atom. The van der Waals surface area contributed by atoms with Gasteiger partial charge in [0.2, 0.25) is 5.91 Å². The molecular formula is C10H21ClN2O3. The summed E-state index contributed by atoms with van der Waals surface area (Å²) in [5.74, 6) is 0.0217. The van der Waals surface area contributed by atoms with Gasteiger partial charge in [0.1, 0.15) is 0 Å². The number of methoxy groups -OCH3 is 1. The first-order chi connectivity index (χ1) is 7.24. The van der Waals surface area contributed by atoms with Crippen molar-refractivity contribution in [2.45, 2.75) is 25.5 Å². The minimum absolute atomic E-state index is 0. The molecule has 0 aromatic rings. The van der Waals surface area contributed by atoms with Gasteiger partial charge in [0.05, 0.1) is 25.3 Å². The van der Waals surface area contributed by atoms with Crippen LogP contribution in [0.1, 0.15) is 13.3 Å². The lowest BCUT2D eigenvalue weighted by atomic mass is 10.1. The van der Waals surface area contributed by atoms with E-state index in [0.717, 1.165) is 13.0 Å². The van der Waals surface area contributed by atoms with Gasteiger partial charge < -0.3 is 20.1 Å². The molecule has 96 valence electrons. The van der Waals surface area contributed by atoms with Gasteiger partial charge >= 0.3 is 0 Å². The Balaban J connectivity index is 0.00000225. The normalized spacial score (nSPS) is 23.9. The van der Waals surface area contributed by atoms with E-state index in [2.05, 4.69) is 10.6 Å². The first kappa shape index (κ1) is 15.6. The second-order valence-corrected chi connectivity index (χ2v) is 3.71. The van der Waals surface area contributed by atoms with Crippen molar-refractivity contribution in [1.29, 1.82) is 0 Å². The molecule has 1 amide bonds. The van der Waals surface area contributed by atoms with E-state index in [0.29, 0.717) is 19.7 Å². The Kier molecular flexibility index (Phi) is 8.56. The van der Waals surface area contributed by atoms with Crippen LogP contribution in [-0.2, 0) is 14.3 Å². The van der Waals surface area contributed by atoms with Gasteiger partial charge in [0.25, 0.3) is 0 Å². The third-order valence-electron chi connectivity index (χ3n) is 2.49. The number of nitrogens with one attached hydrogen (secondary N) is 2. The van der Waals surface area contributed by atoms with Crippen LogP contribution in [0.5, 0.6) is 0 Å². The van der Waals surface area contributed by atoms with Crippen LogP contribution in [0.4, 0.5) is 0 Å². The summed E-state index contributed by atoms with van der Waals surface area (Å²) < 4.78 is 10.2. The molecule has 0 spiro atoms. The highest BCUT2D eigenvalue weighted by Gasteiger charge is 2.25. The fraction of sp³-hybridized carbons (Fsp3) is 0.900. The molecule has 0 aromatic carbocycles. The number of hydrogen-bond donors (Lipinski definition) is 2. The Morgan fingerprint density at radius 1 is 1.56 bits per heavy atom. The summed E-state index contributed by atoms with van der Waals surface area (Å²) in [6, 6.07) is 0.168. The van der Waals surface area contributed by atoms with Gasteiger partial charge in [-0.25, -0.2) is 0 Å². The molecule has 1 saturated heterocycles. The molecule has 0 aromatic heterocycles. The third kappa shape index (κ3) is 5.65. The largest absolute Gasteiger partial charge is 0.383 e. The zero-order valence-corrected chi connectivity index (χ0v) is 10.6. The maximum atomic E-state index is 11.4. The molecule has 0 radical (unpaired) electrons. The van der Waals surface area contributed by atoms with E-state index in [1.807, 2.05) is 6.92 Å². The minimum atomic E-state index is 0. The van der Waals surface area contributed by atoms with Gasteiger partial charge in [-0.3, -0.25) is 4.79 Å². The van der Waals surface area contributed by atoms with E-state index >= 15 is 0 Å². The fourth-order valence-electron chi connectivity index (χ4n) is 1.56. The van der Waals surface area contributed by atoms with Crippen LogP contribution in [0.3, 0.4) is 0 Å². The van der Waals surface area contributed by atoms with Crippen molar-refractivity contribution < 1.29 is 14.3 Å². The standard InChI is InChI=1S/C10H20N2O3.ClH/c1-8-9(3-5-15-8)12-10(13)7-11-4-6-14-2;/h8-9,11H,3-7H2,1-2H3,(H,12,13);1H. The molecular weight excluding hydrogens is 232 g/mol.